The molecule has 4 unspecified atom stereocenters. The Labute approximate surface area is 173 Å². The molecule has 0 aromatic heterocycles. The van der Waals surface area contributed by atoms with E-state index < -0.39 is 0 Å². The van der Waals surface area contributed by atoms with Crippen LogP contribution < -0.4 is 5.73 Å². The summed E-state index contributed by atoms with van der Waals surface area (Å²) in [6, 6.07) is 2.67. The molecule has 0 aliphatic heterocycles. The van der Waals surface area contributed by atoms with E-state index >= 15 is 0 Å². The lowest BCUT2D eigenvalue weighted by Gasteiger charge is -2.32. The second-order valence-corrected chi connectivity index (χ2v) is 13.9. The lowest BCUT2D eigenvalue weighted by Crippen LogP contribution is -2.34. The zero-order valence-electron chi connectivity index (χ0n) is 19.5. The highest BCUT2D eigenvalue weighted by Gasteiger charge is 2.60. The van der Waals surface area contributed by atoms with E-state index in [1.54, 1.807) is 0 Å². The Bertz CT molecular complexity index is 648. The third kappa shape index (κ3) is 5.31. The molecule has 3 fully saturated rings. The molecule has 3 N–H and O–H groups in total. The van der Waals surface area contributed by atoms with E-state index in [0.717, 1.165) is 57.8 Å². The van der Waals surface area contributed by atoms with Gasteiger partial charge in [-0.3, -0.25) is 0 Å². The highest BCUT2D eigenvalue weighted by Crippen LogP contribution is 2.63. The molecule has 3 heteroatoms. The van der Waals surface area contributed by atoms with Crippen LogP contribution in [0.2, 0.25) is 0 Å². The zero-order valence-corrected chi connectivity index (χ0v) is 19.5. The third-order valence-electron chi connectivity index (χ3n) is 7.62. The van der Waals surface area contributed by atoms with Gasteiger partial charge < -0.3 is 10.8 Å². The topological polar surface area (TPSA) is 70.0 Å². The molecule has 3 rings (SSSR count). The average molecular weight is 389 g/mol. The van der Waals surface area contributed by atoms with E-state index in [1.165, 1.54) is 0 Å². The summed E-state index contributed by atoms with van der Waals surface area (Å²) in [6.45, 7) is 16.0. The zero-order chi connectivity index (χ0) is 21.2. The van der Waals surface area contributed by atoms with Gasteiger partial charge in [-0.15, -0.1) is 0 Å². The standard InChI is InChI=1S/C25H44N2O/c1-20(2,3)14-23(17-26)12-18(23)10-22(6,7)16-25(27)13-19(25)11-21(4,5)15-24(28)8-9-24/h18-19,28H,8-16,27H2,1-7H3. The molecule has 0 radical (unpaired) electrons. The summed E-state index contributed by atoms with van der Waals surface area (Å²) in [5.74, 6) is 1.12. The van der Waals surface area contributed by atoms with Crippen LogP contribution in [0.25, 0.3) is 0 Å². The lowest BCUT2D eigenvalue weighted by molar-refractivity contribution is 0.0827. The van der Waals surface area contributed by atoms with Gasteiger partial charge >= 0.3 is 0 Å². The van der Waals surface area contributed by atoms with E-state index in [4.69, 9.17) is 5.73 Å². The van der Waals surface area contributed by atoms with Crippen molar-refractivity contribution < 1.29 is 5.11 Å². The van der Waals surface area contributed by atoms with Crippen LogP contribution in [0.3, 0.4) is 0 Å². The maximum absolute atomic E-state index is 10.3. The molecule has 0 heterocycles. The van der Waals surface area contributed by atoms with Gasteiger partial charge in [0.15, 0.2) is 0 Å². The third-order valence-corrected chi connectivity index (χ3v) is 7.62. The Hall–Kier alpha value is -0.590. The Morgan fingerprint density at radius 1 is 0.893 bits per heavy atom. The number of aliphatic hydroxyl groups is 1. The first kappa shape index (κ1) is 22.1. The molecule has 4 atom stereocenters. The van der Waals surface area contributed by atoms with Gasteiger partial charge in [0.05, 0.1) is 17.1 Å². The number of rotatable bonds is 9. The Morgan fingerprint density at radius 2 is 1.43 bits per heavy atom. The molecule has 0 spiro atoms. The summed E-state index contributed by atoms with van der Waals surface area (Å²) in [5.41, 5.74) is 6.88. The van der Waals surface area contributed by atoms with Crippen molar-refractivity contribution in [2.24, 2.45) is 39.2 Å². The van der Waals surface area contributed by atoms with Crippen LogP contribution in [0.15, 0.2) is 0 Å². The van der Waals surface area contributed by atoms with Crippen LogP contribution in [-0.2, 0) is 0 Å². The van der Waals surface area contributed by atoms with Gasteiger partial charge in [0.1, 0.15) is 0 Å². The molecule has 3 aliphatic carbocycles. The second kappa shape index (κ2) is 6.45. The summed E-state index contributed by atoms with van der Waals surface area (Å²) in [7, 11) is 0. The fraction of sp³-hybridized carbons (Fsp3) is 0.960. The van der Waals surface area contributed by atoms with E-state index in [2.05, 4.69) is 54.5 Å². The minimum Gasteiger partial charge on any atom is -0.390 e. The van der Waals surface area contributed by atoms with Gasteiger partial charge in [-0.1, -0.05) is 48.5 Å². The first-order valence-electron chi connectivity index (χ1n) is 11.4. The molecule has 3 saturated carbocycles. The molecule has 28 heavy (non-hydrogen) atoms. The number of nitrogens with two attached hydrogens (primary N) is 1. The average Bonchev–Trinajstić information content (AvgIpc) is 3.39. The minimum atomic E-state index is -0.380. The van der Waals surface area contributed by atoms with Crippen molar-refractivity contribution in [1.29, 1.82) is 5.26 Å². The Morgan fingerprint density at radius 3 is 1.93 bits per heavy atom. The van der Waals surface area contributed by atoms with Gasteiger partial charge in [0.25, 0.3) is 0 Å². The van der Waals surface area contributed by atoms with Crippen molar-refractivity contribution >= 4 is 0 Å². The molecule has 0 saturated heterocycles. The van der Waals surface area contributed by atoms with Crippen LogP contribution in [0.1, 0.15) is 106 Å². The van der Waals surface area contributed by atoms with Crippen molar-refractivity contribution in [3.05, 3.63) is 0 Å². The van der Waals surface area contributed by atoms with E-state index in [1.807, 2.05) is 0 Å². The summed E-state index contributed by atoms with van der Waals surface area (Å²) in [5, 5.41) is 20.1. The molecular weight excluding hydrogens is 344 g/mol. The summed E-state index contributed by atoms with van der Waals surface area (Å²) < 4.78 is 0. The smallest absolute Gasteiger partial charge is 0.0693 e. The first-order valence-corrected chi connectivity index (χ1v) is 11.4. The molecule has 3 aliphatic rings. The monoisotopic (exact) mass is 388 g/mol. The van der Waals surface area contributed by atoms with Crippen molar-refractivity contribution in [2.45, 2.75) is 117 Å². The van der Waals surface area contributed by atoms with E-state index in [-0.39, 0.29) is 32.8 Å². The normalized spacial score (nSPS) is 36.7. The van der Waals surface area contributed by atoms with Crippen molar-refractivity contribution in [3.63, 3.8) is 0 Å². The fourth-order valence-corrected chi connectivity index (χ4v) is 6.46. The van der Waals surface area contributed by atoms with Crippen molar-refractivity contribution in [1.82, 2.24) is 0 Å². The lowest BCUT2D eigenvalue weighted by atomic mass is 9.75. The second-order valence-electron chi connectivity index (χ2n) is 13.9. The van der Waals surface area contributed by atoms with E-state index in [9.17, 15) is 10.4 Å². The summed E-state index contributed by atoms with van der Waals surface area (Å²) in [6.07, 6.45) is 9.34. The van der Waals surface area contributed by atoms with Gasteiger partial charge in [0, 0.05) is 5.54 Å². The highest BCUT2D eigenvalue weighted by atomic mass is 16.3. The molecule has 0 amide bonds. The Kier molecular flexibility index (Phi) is 5.09. The van der Waals surface area contributed by atoms with Crippen LogP contribution >= 0.6 is 0 Å². The van der Waals surface area contributed by atoms with Crippen molar-refractivity contribution in [3.8, 4) is 6.07 Å². The molecule has 3 nitrogen and oxygen atoms in total. The number of nitrogens with zero attached hydrogens (tertiary/aromatic N) is 1. The fourth-order valence-electron chi connectivity index (χ4n) is 6.46. The SMILES string of the molecule is CC(C)(C)CC1(C#N)CC1CC(C)(C)CC1(N)CC1CC(C)(C)CC1(O)CC1. The maximum Gasteiger partial charge on any atom is 0.0693 e. The summed E-state index contributed by atoms with van der Waals surface area (Å²) >= 11 is 0. The van der Waals surface area contributed by atoms with Gasteiger partial charge in [0.2, 0.25) is 0 Å². The Balaban J connectivity index is 1.51. The molecule has 160 valence electrons. The number of nitriles is 1. The first-order chi connectivity index (χ1) is 12.5. The quantitative estimate of drug-likeness (QED) is 0.524. The molecule has 0 bridgehead atoms. The van der Waals surface area contributed by atoms with Crippen LogP contribution in [0.5, 0.6) is 0 Å². The number of hydrogen-bond donors (Lipinski definition) is 2. The van der Waals surface area contributed by atoms with Gasteiger partial charge in [-0.2, -0.15) is 5.26 Å². The van der Waals surface area contributed by atoms with Crippen LogP contribution in [0.4, 0.5) is 0 Å². The molecule has 0 aromatic carbocycles. The van der Waals surface area contributed by atoms with Crippen molar-refractivity contribution in [2.75, 3.05) is 0 Å². The largest absolute Gasteiger partial charge is 0.390 e. The minimum absolute atomic E-state index is 0.0405. The predicted molar refractivity (Wildman–Crippen MR) is 115 cm³/mol. The van der Waals surface area contributed by atoms with Gasteiger partial charge in [-0.25, -0.2) is 0 Å². The predicted octanol–water partition coefficient (Wildman–Crippen LogP) is 5.81. The maximum atomic E-state index is 10.3. The highest BCUT2D eigenvalue weighted by molar-refractivity contribution is 5.19. The number of hydrogen-bond acceptors (Lipinski definition) is 3. The molecule has 0 aromatic rings. The van der Waals surface area contributed by atoms with Crippen LogP contribution in [0, 0.1) is 44.8 Å². The van der Waals surface area contributed by atoms with Gasteiger partial charge in [-0.05, 0) is 85.9 Å². The molecular formula is C25H44N2O. The summed E-state index contributed by atoms with van der Waals surface area (Å²) in [4.78, 5) is 0. The van der Waals surface area contributed by atoms with Crippen LogP contribution in [-0.4, -0.2) is 16.2 Å². The van der Waals surface area contributed by atoms with E-state index in [0.29, 0.717) is 11.8 Å².